The van der Waals surface area contributed by atoms with Crippen molar-refractivity contribution in [3.63, 3.8) is 0 Å². The summed E-state index contributed by atoms with van der Waals surface area (Å²) in [4.78, 5) is 2.28. The molecule has 166 valence electrons. The van der Waals surface area contributed by atoms with Gasteiger partial charge in [-0.05, 0) is 65.7 Å². The Bertz CT molecular complexity index is 755. The first-order valence-electron chi connectivity index (χ1n) is 10.4. The Morgan fingerprint density at radius 1 is 1.10 bits per heavy atom. The normalized spacial score (nSPS) is 20.7. The van der Waals surface area contributed by atoms with Crippen LogP contribution < -0.4 is 14.9 Å². The van der Waals surface area contributed by atoms with Gasteiger partial charge in [-0.25, -0.2) is 13.1 Å². The highest BCUT2D eigenvalue weighted by Crippen LogP contribution is 2.31. The number of hydrogen-bond acceptors (Lipinski definition) is 5. The van der Waals surface area contributed by atoms with E-state index in [9.17, 15) is 8.42 Å². The molecule has 29 heavy (non-hydrogen) atoms. The third-order valence-corrected chi connectivity index (χ3v) is 7.49. The predicted octanol–water partition coefficient (Wildman–Crippen LogP) is 4.25. The molecule has 6 nitrogen and oxygen atoms in total. The van der Waals surface area contributed by atoms with E-state index >= 15 is 0 Å². The zero-order valence-corrected chi connectivity index (χ0v) is 19.9. The van der Waals surface area contributed by atoms with Crippen LogP contribution in [0.4, 0.5) is 11.4 Å². The minimum atomic E-state index is -3.25. The van der Waals surface area contributed by atoms with Crippen molar-refractivity contribution >= 4 is 33.0 Å². The predicted molar refractivity (Wildman–Crippen MR) is 123 cm³/mol. The molecule has 2 unspecified atom stereocenters. The molecule has 0 spiro atoms. The highest BCUT2D eigenvalue weighted by atomic mass is 35.5. The van der Waals surface area contributed by atoms with Gasteiger partial charge in [0.2, 0.25) is 10.0 Å². The van der Waals surface area contributed by atoms with Gasteiger partial charge in [0.25, 0.3) is 0 Å². The largest absolute Gasteiger partial charge is 0.385 e. The van der Waals surface area contributed by atoms with Crippen LogP contribution in [-0.2, 0) is 14.8 Å². The quantitative estimate of drug-likeness (QED) is 0.556. The van der Waals surface area contributed by atoms with Crippen LogP contribution in [0.25, 0.3) is 0 Å². The summed E-state index contributed by atoms with van der Waals surface area (Å²) < 4.78 is 31.7. The van der Waals surface area contributed by atoms with E-state index in [0.717, 1.165) is 55.3 Å². The lowest BCUT2D eigenvalue weighted by atomic mass is 10.2. The maximum absolute atomic E-state index is 12.0. The number of halogens is 1. The van der Waals surface area contributed by atoms with E-state index in [4.69, 9.17) is 16.3 Å². The molecular formula is C21H36ClN3O3S. The Balaban J connectivity index is 1.72. The highest BCUT2D eigenvalue weighted by molar-refractivity contribution is 7.90. The fourth-order valence-electron chi connectivity index (χ4n) is 3.33. The molecule has 0 aliphatic carbocycles. The Labute approximate surface area is 181 Å². The topological polar surface area (TPSA) is 70.7 Å². The molecule has 2 atom stereocenters. The van der Waals surface area contributed by atoms with Crippen LogP contribution in [0, 0.1) is 0 Å². The molecule has 1 aromatic carbocycles. The van der Waals surface area contributed by atoms with Gasteiger partial charge in [0.05, 0.1) is 27.7 Å². The van der Waals surface area contributed by atoms with Crippen molar-refractivity contribution < 1.29 is 13.2 Å². The van der Waals surface area contributed by atoms with Gasteiger partial charge in [0.15, 0.2) is 0 Å². The molecule has 1 fully saturated rings. The van der Waals surface area contributed by atoms with Gasteiger partial charge in [-0.15, -0.1) is 0 Å². The molecule has 1 aliphatic heterocycles. The molecule has 2 rings (SSSR count). The molecule has 0 amide bonds. The first kappa shape index (κ1) is 24.3. The number of benzene rings is 1. The third-order valence-electron chi connectivity index (χ3n) is 4.99. The van der Waals surface area contributed by atoms with Crippen molar-refractivity contribution in [1.82, 2.24) is 4.72 Å². The molecule has 8 heteroatoms. The summed E-state index contributed by atoms with van der Waals surface area (Å²) in [5, 5.41) is 4.14. The smallest absolute Gasteiger partial charge is 0.216 e. The van der Waals surface area contributed by atoms with Crippen molar-refractivity contribution in [1.29, 1.82) is 0 Å². The highest BCUT2D eigenvalue weighted by Gasteiger charge is 2.28. The van der Waals surface area contributed by atoms with Gasteiger partial charge >= 0.3 is 0 Å². The van der Waals surface area contributed by atoms with E-state index in [0.29, 0.717) is 6.54 Å². The van der Waals surface area contributed by atoms with Crippen molar-refractivity contribution in [3.8, 4) is 0 Å². The van der Waals surface area contributed by atoms with Crippen LogP contribution in [0.2, 0.25) is 5.02 Å². The fraction of sp³-hybridized carbons (Fsp3) is 0.714. The number of morpholine rings is 1. The van der Waals surface area contributed by atoms with Gasteiger partial charge in [0, 0.05) is 31.9 Å². The Morgan fingerprint density at radius 2 is 1.72 bits per heavy atom. The number of ether oxygens (including phenoxy) is 1. The third kappa shape index (κ3) is 7.31. The summed E-state index contributed by atoms with van der Waals surface area (Å²) in [5.74, 6) is 0. The molecule has 1 heterocycles. The molecule has 0 saturated carbocycles. The van der Waals surface area contributed by atoms with Crippen LogP contribution in [-0.4, -0.2) is 51.6 Å². The second-order valence-electron chi connectivity index (χ2n) is 8.83. The van der Waals surface area contributed by atoms with E-state index in [1.807, 2.05) is 6.07 Å². The maximum Gasteiger partial charge on any atom is 0.216 e. The van der Waals surface area contributed by atoms with E-state index in [-0.39, 0.29) is 12.2 Å². The van der Waals surface area contributed by atoms with Crippen molar-refractivity contribution in [2.24, 2.45) is 0 Å². The molecular weight excluding hydrogens is 410 g/mol. The second-order valence-corrected chi connectivity index (χ2v) is 11.8. The van der Waals surface area contributed by atoms with Crippen molar-refractivity contribution in [2.45, 2.75) is 70.8 Å². The molecule has 0 bridgehead atoms. The lowest BCUT2D eigenvalue weighted by Crippen LogP contribution is -2.45. The van der Waals surface area contributed by atoms with E-state index in [2.05, 4.69) is 40.9 Å². The number of anilines is 2. The molecule has 0 radical (unpaired) electrons. The van der Waals surface area contributed by atoms with Crippen molar-refractivity contribution in [2.75, 3.05) is 36.4 Å². The van der Waals surface area contributed by atoms with E-state index in [1.54, 1.807) is 20.8 Å². The standard InChI is InChI=1S/C21H36ClN3O3S/c1-16-14-25(15-17(2)28-16)20-10-9-18(13-19(20)22)23-11-7-6-8-12-24-29(26,27)21(3,4)5/h9-10,13,16-17,23-24H,6-8,11-12,14-15H2,1-5H3. The minimum Gasteiger partial charge on any atom is -0.385 e. The average molecular weight is 446 g/mol. The second kappa shape index (κ2) is 10.3. The molecule has 0 aromatic heterocycles. The van der Waals surface area contributed by atoms with Gasteiger partial charge in [-0.2, -0.15) is 0 Å². The Kier molecular flexibility index (Phi) is 8.64. The van der Waals surface area contributed by atoms with Crippen molar-refractivity contribution in [3.05, 3.63) is 23.2 Å². The zero-order chi connectivity index (χ0) is 21.7. The van der Waals surface area contributed by atoms with E-state index in [1.165, 1.54) is 0 Å². The number of nitrogens with zero attached hydrogens (tertiary/aromatic N) is 1. The number of rotatable bonds is 9. The van der Waals surface area contributed by atoms with Gasteiger partial charge < -0.3 is 15.0 Å². The average Bonchev–Trinajstić information content (AvgIpc) is 2.59. The maximum atomic E-state index is 12.0. The first-order chi connectivity index (χ1) is 13.5. The summed E-state index contributed by atoms with van der Waals surface area (Å²) >= 11 is 6.53. The number of sulfonamides is 1. The lowest BCUT2D eigenvalue weighted by molar-refractivity contribution is -0.00520. The van der Waals surface area contributed by atoms with Crippen LogP contribution >= 0.6 is 11.6 Å². The summed E-state index contributed by atoms with van der Waals surface area (Å²) in [7, 11) is -3.25. The van der Waals surface area contributed by atoms with Gasteiger partial charge in [-0.3, -0.25) is 0 Å². The van der Waals surface area contributed by atoms with E-state index < -0.39 is 14.8 Å². The molecule has 1 aliphatic rings. The van der Waals surface area contributed by atoms with Gasteiger partial charge in [-0.1, -0.05) is 18.0 Å². The Hall–Kier alpha value is -1.02. The summed E-state index contributed by atoms with van der Waals surface area (Å²) in [6, 6.07) is 6.10. The SMILES string of the molecule is CC1CN(c2ccc(NCCCCCNS(=O)(=O)C(C)(C)C)cc2Cl)CC(C)O1. The molecule has 1 saturated heterocycles. The molecule has 2 N–H and O–H groups in total. The van der Waals surface area contributed by atoms with Crippen LogP contribution in [0.1, 0.15) is 53.9 Å². The monoisotopic (exact) mass is 445 g/mol. The lowest BCUT2D eigenvalue weighted by Gasteiger charge is -2.37. The van der Waals surface area contributed by atoms with Crippen LogP contribution in [0.3, 0.4) is 0 Å². The minimum absolute atomic E-state index is 0.195. The van der Waals surface area contributed by atoms with Crippen LogP contribution in [0.5, 0.6) is 0 Å². The Morgan fingerprint density at radius 3 is 2.31 bits per heavy atom. The number of nitrogens with one attached hydrogen (secondary N) is 2. The van der Waals surface area contributed by atoms with Gasteiger partial charge in [0.1, 0.15) is 0 Å². The first-order valence-corrected chi connectivity index (χ1v) is 12.3. The summed E-state index contributed by atoms with van der Waals surface area (Å²) in [5.41, 5.74) is 2.05. The number of unbranched alkanes of at least 4 members (excludes halogenated alkanes) is 2. The molecule has 1 aromatic rings. The zero-order valence-electron chi connectivity index (χ0n) is 18.3. The van der Waals surface area contributed by atoms with Crippen LogP contribution in [0.15, 0.2) is 18.2 Å². The summed E-state index contributed by atoms with van der Waals surface area (Å²) in [6.45, 7) is 12.3. The fourth-order valence-corrected chi connectivity index (χ4v) is 4.48. The number of hydrogen-bond donors (Lipinski definition) is 2. The summed E-state index contributed by atoms with van der Waals surface area (Å²) in [6.07, 6.45) is 3.13.